The first-order valence-electron chi connectivity index (χ1n) is 11.9. The zero-order valence-corrected chi connectivity index (χ0v) is 20.5. The van der Waals surface area contributed by atoms with Crippen LogP contribution >= 0.6 is 0 Å². The summed E-state index contributed by atoms with van der Waals surface area (Å²) in [5.74, 6) is 1.63. The number of anilines is 6. The van der Waals surface area contributed by atoms with Gasteiger partial charge < -0.3 is 30.9 Å². The van der Waals surface area contributed by atoms with Gasteiger partial charge in [0.2, 0.25) is 11.8 Å². The van der Waals surface area contributed by atoms with Gasteiger partial charge in [-0.25, -0.2) is 9.97 Å². The van der Waals surface area contributed by atoms with Gasteiger partial charge in [0.05, 0.1) is 18.5 Å². The van der Waals surface area contributed by atoms with E-state index in [1.54, 1.807) is 19.5 Å². The molecule has 4 aromatic rings. The molecule has 1 aliphatic heterocycles. The molecule has 1 aliphatic rings. The van der Waals surface area contributed by atoms with E-state index in [1.165, 1.54) is 5.69 Å². The summed E-state index contributed by atoms with van der Waals surface area (Å²) in [7, 11) is 3.75. The Morgan fingerprint density at radius 3 is 2.33 bits per heavy atom. The Hall–Kier alpha value is -4.37. The second-order valence-electron chi connectivity index (χ2n) is 8.72. The summed E-state index contributed by atoms with van der Waals surface area (Å²) in [5, 5.41) is 6.69. The summed E-state index contributed by atoms with van der Waals surface area (Å²) >= 11 is 0. The number of hydrogen-bond acceptors (Lipinski definition) is 9. The molecular formula is C27H30N8O. The summed E-state index contributed by atoms with van der Waals surface area (Å²) in [6, 6.07) is 19.7. The van der Waals surface area contributed by atoms with Crippen molar-refractivity contribution in [3.05, 3.63) is 73.1 Å². The standard InChI is InChI=1S/C27H30N8O/c1-34-13-15-35(16-14-34)21-10-8-20(9-11-21)31-27-30-18-22(19-7-12-25(36-2)29-17-19)26(33-27)32-24-6-4-3-5-23(24)28/h3-12,17-18H,13-16,28H2,1-2H3,(H2,30,31,32,33). The number of para-hydroxylation sites is 2. The Bertz CT molecular complexity index is 1300. The summed E-state index contributed by atoms with van der Waals surface area (Å²) in [4.78, 5) is 18.4. The number of nitrogens with one attached hydrogen (secondary N) is 2. The average molecular weight is 483 g/mol. The maximum Gasteiger partial charge on any atom is 0.229 e. The molecule has 0 spiro atoms. The minimum Gasteiger partial charge on any atom is -0.481 e. The molecule has 9 heteroatoms. The van der Waals surface area contributed by atoms with Crippen LogP contribution in [0.25, 0.3) is 11.1 Å². The quantitative estimate of drug-likeness (QED) is 0.331. The highest BCUT2D eigenvalue weighted by Gasteiger charge is 2.15. The van der Waals surface area contributed by atoms with Gasteiger partial charge in [-0.1, -0.05) is 12.1 Å². The maximum absolute atomic E-state index is 6.18. The van der Waals surface area contributed by atoms with Crippen LogP contribution in [0.15, 0.2) is 73.1 Å². The number of benzene rings is 2. The number of likely N-dealkylation sites (N-methyl/N-ethyl adjacent to an activating group) is 1. The second kappa shape index (κ2) is 10.5. The molecule has 0 bridgehead atoms. The molecule has 9 nitrogen and oxygen atoms in total. The Balaban J connectivity index is 1.40. The van der Waals surface area contributed by atoms with E-state index in [2.05, 4.69) is 61.7 Å². The number of methoxy groups -OCH3 is 1. The molecule has 2 aromatic carbocycles. The maximum atomic E-state index is 6.18. The Morgan fingerprint density at radius 1 is 0.861 bits per heavy atom. The van der Waals surface area contributed by atoms with E-state index in [4.69, 9.17) is 15.5 Å². The molecule has 5 rings (SSSR count). The normalized spacial score (nSPS) is 13.9. The van der Waals surface area contributed by atoms with Crippen molar-refractivity contribution in [2.75, 3.05) is 61.6 Å². The lowest BCUT2D eigenvalue weighted by molar-refractivity contribution is 0.313. The Kier molecular flexibility index (Phi) is 6.81. The lowest BCUT2D eigenvalue weighted by Gasteiger charge is -2.34. The highest BCUT2D eigenvalue weighted by atomic mass is 16.5. The van der Waals surface area contributed by atoms with E-state index in [1.807, 2.05) is 36.4 Å². The van der Waals surface area contributed by atoms with Crippen LogP contribution in [-0.2, 0) is 0 Å². The van der Waals surface area contributed by atoms with Crippen LogP contribution in [0.1, 0.15) is 0 Å². The third-order valence-corrected chi connectivity index (χ3v) is 6.25. The van der Waals surface area contributed by atoms with Crippen LogP contribution in [-0.4, -0.2) is 60.2 Å². The highest BCUT2D eigenvalue weighted by Crippen LogP contribution is 2.32. The number of aromatic nitrogens is 3. The molecule has 0 amide bonds. The topological polar surface area (TPSA) is 104 Å². The highest BCUT2D eigenvalue weighted by molar-refractivity contribution is 5.81. The fourth-order valence-corrected chi connectivity index (χ4v) is 4.10. The number of nitrogen functional groups attached to an aromatic ring is 1. The number of pyridine rings is 1. The molecule has 1 fully saturated rings. The smallest absolute Gasteiger partial charge is 0.229 e. The average Bonchev–Trinajstić information content (AvgIpc) is 2.91. The molecule has 2 aromatic heterocycles. The molecule has 0 unspecified atom stereocenters. The molecular weight excluding hydrogens is 452 g/mol. The van der Waals surface area contributed by atoms with Crippen LogP contribution in [0.5, 0.6) is 5.88 Å². The summed E-state index contributed by atoms with van der Waals surface area (Å²) < 4.78 is 5.19. The predicted molar refractivity (Wildman–Crippen MR) is 145 cm³/mol. The van der Waals surface area contributed by atoms with Gasteiger partial charge in [-0.15, -0.1) is 0 Å². The van der Waals surface area contributed by atoms with Crippen molar-refractivity contribution >= 4 is 34.5 Å². The fourth-order valence-electron chi connectivity index (χ4n) is 4.10. The van der Waals surface area contributed by atoms with Crippen molar-refractivity contribution in [3.8, 4) is 17.0 Å². The van der Waals surface area contributed by atoms with Gasteiger partial charge in [0.25, 0.3) is 0 Å². The van der Waals surface area contributed by atoms with Crippen LogP contribution < -0.4 is 26.0 Å². The van der Waals surface area contributed by atoms with Crippen molar-refractivity contribution < 1.29 is 4.74 Å². The second-order valence-corrected chi connectivity index (χ2v) is 8.72. The van der Waals surface area contributed by atoms with Crippen molar-refractivity contribution in [2.45, 2.75) is 0 Å². The first-order valence-corrected chi connectivity index (χ1v) is 11.9. The molecule has 1 saturated heterocycles. The fraction of sp³-hybridized carbons (Fsp3) is 0.222. The summed E-state index contributed by atoms with van der Waals surface area (Å²) in [6.07, 6.45) is 3.51. The van der Waals surface area contributed by atoms with Crippen molar-refractivity contribution in [2.24, 2.45) is 0 Å². The predicted octanol–water partition coefficient (Wildman–Crippen LogP) is 4.37. The van der Waals surface area contributed by atoms with E-state index < -0.39 is 0 Å². The van der Waals surface area contributed by atoms with E-state index >= 15 is 0 Å². The number of nitrogens with zero attached hydrogens (tertiary/aromatic N) is 5. The van der Waals surface area contributed by atoms with Gasteiger partial charge in [-0.3, -0.25) is 0 Å². The van der Waals surface area contributed by atoms with E-state index in [9.17, 15) is 0 Å². The monoisotopic (exact) mass is 482 g/mol. The third kappa shape index (κ3) is 5.31. The van der Waals surface area contributed by atoms with Crippen molar-refractivity contribution in [1.29, 1.82) is 0 Å². The molecule has 0 aliphatic carbocycles. The lowest BCUT2D eigenvalue weighted by Crippen LogP contribution is -2.44. The van der Waals surface area contributed by atoms with Gasteiger partial charge in [0, 0.05) is 67.1 Å². The number of nitrogens with two attached hydrogens (primary N) is 1. The SMILES string of the molecule is COc1ccc(-c2cnc(Nc3ccc(N4CCN(C)CC4)cc3)nc2Nc2ccccc2N)cn1. The molecule has 3 heterocycles. The Morgan fingerprint density at radius 2 is 1.64 bits per heavy atom. The largest absolute Gasteiger partial charge is 0.481 e. The van der Waals surface area contributed by atoms with Gasteiger partial charge in [0.15, 0.2) is 0 Å². The van der Waals surface area contributed by atoms with Crippen LogP contribution in [0.3, 0.4) is 0 Å². The Labute approximate surface area is 211 Å². The first-order chi connectivity index (χ1) is 17.6. The minimum atomic E-state index is 0.476. The number of piperazine rings is 1. The number of ether oxygens (including phenoxy) is 1. The molecule has 4 N–H and O–H groups in total. The van der Waals surface area contributed by atoms with Gasteiger partial charge in [-0.05, 0) is 49.5 Å². The summed E-state index contributed by atoms with van der Waals surface area (Å²) in [6.45, 7) is 4.22. The zero-order valence-electron chi connectivity index (χ0n) is 20.5. The van der Waals surface area contributed by atoms with Crippen molar-refractivity contribution in [1.82, 2.24) is 19.9 Å². The number of rotatable bonds is 7. The van der Waals surface area contributed by atoms with Crippen LogP contribution in [0.2, 0.25) is 0 Å². The van der Waals surface area contributed by atoms with Gasteiger partial charge in [0.1, 0.15) is 5.82 Å². The van der Waals surface area contributed by atoms with Gasteiger partial charge in [-0.2, -0.15) is 4.98 Å². The van der Waals surface area contributed by atoms with Gasteiger partial charge >= 0.3 is 0 Å². The number of hydrogen-bond donors (Lipinski definition) is 3. The van der Waals surface area contributed by atoms with E-state index in [0.29, 0.717) is 23.3 Å². The first kappa shape index (κ1) is 23.4. The van der Waals surface area contributed by atoms with Crippen LogP contribution in [0.4, 0.5) is 34.5 Å². The molecule has 184 valence electrons. The molecule has 36 heavy (non-hydrogen) atoms. The lowest BCUT2D eigenvalue weighted by atomic mass is 10.1. The zero-order chi connectivity index (χ0) is 24.9. The van der Waals surface area contributed by atoms with Crippen molar-refractivity contribution in [3.63, 3.8) is 0 Å². The molecule has 0 atom stereocenters. The molecule has 0 radical (unpaired) electrons. The van der Waals surface area contributed by atoms with E-state index in [0.717, 1.165) is 48.7 Å². The third-order valence-electron chi connectivity index (χ3n) is 6.25. The molecule has 0 saturated carbocycles. The summed E-state index contributed by atoms with van der Waals surface area (Å²) in [5.41, 5.74) is 11.4. The van der Waals surface area contributed by atoms with E-state index in [-0.39, 0.29) is 0 Å². The van der Waals surface area contributed by atoms with Crippen LogP contribution in [0, 0.1) is 0 Å². The minimum absolute atomic E-state index is 0.476.